The number of aromatic nitrogens is 5. The van der Waals surface area contributed by atoms with Gasteiger partial charge in [-0.2, -0.15) is 15.2 Å². The molecule has 1 N–H and O–H groups in total. The lowest BCUT2D eigenvalue weighted by Crippen LogP contribution is -2.52. The fraction of sp³-hybridized carbons (Fsp3) is 0.588. The van der Waals surface area contributed by atoms with Crippen LogP contribution in [0.2, 0.25) is 0 Å². The van der Waals surface area contributed by atoms with Gasteiger partial charge in [-0.05, 0) is 13.0 Å². The van der Waals surface area contributed by atoms with Gasteiger partial charge >= 0.3 is 0 Å². The first-order valence-electron chi connectivity index (χ1n) is 9.76. The summed E-state index contributed by atoms with van der Waals surface area (Å²) in [5.41, 5.74) is -5.95. The van der Waals surface area contributed by atoms with E-state index in [4.69, 9.17) is 0 Å². The molecule has 194 valence electrons. The van der Waals surface area contributed by atoms with Gasteiger partial charge in [-0.3, -0.25) is 9.48 Å². The minimum absolute atomic E-state index is 0.00790. The lowest BCUT2D eigenvalue weighted by molar-refractivity contribution is -0.190. The minimum Gasteiger partial charge on any atom is -0.364 e. The number of carbonyl (C=O) groups excluding carboxylic acids is 1. The molecule has 35 heavy (non-hydrogen) atoms. The third-order valence-electron chi connectivity index (χ3n) is 4.88. The number of halogens is 8. The number of thioether (sulfide) groups is 1. The van der Waals surface area contributed by atoms with Crippen LogP contribution < -0.4 is 0 Å². The minimum atomic E-state index is -3.58. The highest BCUT2D eigenvalue weighted by atomic mass is 32.2. The molecule has 0 saturated carbocycles. The number of hydrogen-bond donors (Lipinski definition) is 1. The molecule has 0 radical (unpaired) electrons. The predicted molar refractivity (Wildman–Crippen MR) is 104 cm³/mol. The Kier molecular flexibility index (Phi) is 8.03. The number of aliphatic hydroxyl groups is 1. The summed E-state index contributed by atoms with van der Waals surface area (Å²) in [6.07, 6.45) is -14.3. The molecule has 0 aliphatic carbocycles. The van der Waals surface area contributed by atoms with Crippen molar-refractivity contribution in [2.45, 2.75) is 63.0 Å². The summed E-state index contributed by atoms with van der Waals surface area (Å²) in [7, 11) is 0. The van der Waals surface area contributed by atoms with Crippen molar-refractivity contribution >= 4 is 23.4 Å². The van der Waals surface area contributed by atoms with Crippen LogP contribution in [0, 0.1) is 0 Å². The number of alkyl halides is 8. The van der Waals surface area contributed by atoms with Crippen LogP contribution in [0.1, 0.15) is 43.4 Å². The highest BCUT2D eigenvalue weighted by Gasteiger charge is 2.53. The zero-order chi connectivity index (χ0) is 26.1. The van der Waals surface area contributed by atoms with Gasteiger partial charge in [0.1, 0.15) is 23.6 Å². The zero-order valence-electron chi connectivity index (χ0n) is 17.6. The number of nitrogens with zero attached hydrogens (tertiary/aromatic N) is 7. The van der Waals surface area contributed by atoms with Crippen LogP contribution in [-0.4, -0.2) is 70.6 Å². The second kappa shape index (κ2) is 10.5. The first-order valence-corrected chi connectivity index (χ1v) is 10.8. The summed E-state index contributed by atoms with van der Waals surface area (Å²) in [6.45, 7) is 1.25. The smallest absolute Gasteiger partial charge is 0.287 e. The first-order chi connectivity index (χ1) is 16.4. The van der Waals surface area contributed by atoms with Gasteiger partial charge in [0.15, 0.2) is 11.0 Å². The van der Waals surface area contributed by atoms with Crippen LogP contribution in [0.4, 0.5) is 35.1 Å². The van der Waals surface area contributed by atoms with Crippen molar-refractivity contribution in [2.75, 3.05) is 5.75 Å². The Morgan fingerprint density at radius 2 is 1.80 bits per heavy atom. The van der Waals surface area contributed by atoms with E-state index in [1.165, 1.54) is 4.57 Å². The third-order valence-corrected chi connectivity index (χ3v) is 5.83. The van der Waals surface area contributed by atoms with E-state index in [1.54, 1.807) is 6.92 Å². The molecule has 3 heterocycles. The maximum absolute atomic E-state index is 13.3. The SMILES string of the molecule is CCn1c(Cn2nc(C(F)F)cc2C(F)F)nnc1SCC(=O)N1N=C(C(F)F)CC1(O)C(F)F. The van der Waals surface area contributed by atoms with Gasteiger partial charge in [-0.15, -0.1) is 10.2 Å². The Hall–Kier alpha value is -2.76. The van der Waals surface area contributed by atoms with Crippen molar-refractivity contribution in [3.63, 3.8) is 0 Å². The summed E-state index contributed by atoms with van der Waals surface area (Å²) in [5, 5.41) is 24.1. The highest BCUT2D eigenvalue weighted by molar-refractivity contribution is 7.99. The highest BCUT2D eigenvalue weighted by Crippen LogP contribution is 2.34. The fourth-order valence-corrected chi connectivity index (χ4v) is 4.06. The third kappa shape index (κ3) is 5.41. The van der Waals surface area contributed by atoms with Crippen molar-refractivity contribution in [3.8, 4) is 0 Å². The fourth-order valence-electron chi connectivity index (χ4n) is 3.20. The van der Waals surface area contributed by atoms with E-state index in [1.807, 2.05) is 0 Å². The number of carbonyl (C=O) groups is 1. The summed E-state index contributed by atoms with van der Waals surface area (Å²) < 4.78 is 107. The summed E-state index contributed by atoms with van der Waals surface area (Å²) in [6, 6.07) is 0.560. The molecule has 9 nitrogen and oxygen atoms in total. The molecule has 0 bridgehead atoms. The molecular formula is C17H17F8N7O2S. The molecule has 1 atom stereocenters. The zero-order valence-corrected chi connectivity index (χ0v) is 18.4. The molecule has 1 unspecified atom stereocenters. The number of hydrazone groups is 1. The number of rotatable bonds is 10. The van der Waals surface area contributed by atoms with Crippen LogP contribution in [0.15, 0.2) is 16.3 Å². The molecule has 2 aromatic heterocycles. The normalized spacial score (nSPS) is 18.6. The summed E-state index contributed by atoms with van der Waals surface area (Å²) >= 11 is 0.628. The molecule has 1 aliphatic heterocycles. The van der Waals surface area contributed by atoms with Gasteiger partial charge in [0.2, 0.25) is 5.72 Å². The molecule has 0 aromatic carbocycles. The molecule has 2 aromatic rings. The van der Waals surface area contributed by atoms with Crippen LogP contribution in [0.25, 0.3) is 0 Å². The van der Waals surface area contributed by atoms with E-state index >= 15 is 0 Å². The van der Waals surface area contributed by atoms with Gasteiger partial charge in [0, 0.05) is 13.0 Å². The quantitative estimate of drug-likeness (QED) is 0.370. The molecule has 0 fully saturated rings. The van der Waals surface area contributed by atoms with Gasteiger partial charge in [-0.1, -0.05) is 11.8 Å². The molecule has 0 saturated heterocycles. The maximum Gasteiger partial charge on any atom is 0.287 e. The molecule has 18 heteroatoms. The molecule has 1 amide bonds. The standard InChI is InChI=1S/C17H17F8N7O2S/c1-2-30-10(5-31-9(14(22)23)3-7(28-31)12(18)19)26-27-16(30)35-6-11(33)32-17(34,15(24)25)4-8(29-32)13(20)21/h3,12-15,34H,2,4-6H2,1H3. The maximum atomic E-state index is 13.3. The van der Waals surface area contributed by atoms with E-state index in [2.05, 4.69) is 20.4 Å². The van der Waals surface area contributed by atoms with E-state index in [-0.39, 0.29) is 22.5 Å². The van der Waals surface area contributed by atoms with Gasteiger partial charge in [0.05, 0.1) is 5.75 Å². The van der Waals surface area contributed by atoms with Crippen LogP contribution in [0.3, 0.4) is 0 Å². The largest absolute Gasteiger partial charge is 0.364 e. The molecule has 3 rings (SSSR count). The van der Waals surface area contributed by atoms with E-state index in [0.717, 1.165) is 0 Å². The predicted octanol–water partition coefficient (Wildman–Crippen LogP) is 3.32. The van der Waals surface area contributed by atoms with Crippen molar-refractivity contribution in [1.29, 1.82) is 0 Å². The first kappa shape index (κ1) is 26.8. The van der Waals surface area contributed by atoms with E-state index in [0.29, 0.717) is 22.5 Å². The Balaban J connectivity index is 1.78. The van der Waals surface area contributed by atoms with Crippen molar-refractivity contribution in [3.05, 3.63) is 23.3 Å². The Labute approximate surface area is 195 Å². The topological polar surface area (TPSA) is 101 Å². The second-order valence-corrected chi connectivity index (χ2v) is 8.08. The van der Waals surface area contributed by atoms with Gasteiger partial charge in [0.25, 0.3) is 31.6 Å². The average Bonchev–Trinajstić information content (AvgIpc) is 3.48. The van der Waals surface area contributed by atoms with E-state index in [9.17, 15) is 45.0 Å². The van der Waals surface area contributed by atoms with Gasteiger partial charge in [-0.25, -0.2) is 35.1 Å². The monoisotopic (exact) mass is 535 g/mol. The summed E-state index contributed by atoms with van der Waals surface area (Å²) in [4.78, 5) is 12.4. The van der Waals surface area contributed by atoms with Crippen molar-refractivity contribution in [2.24, 2.45) is 5.10 Å². The van der Waals surface area contributed by atoms with Crippen molar-refractivity contribution in [1.82, 2.24) is 29.6 Å². The van der Waals surface area contributed by atoms with Crippen LogP contribution in [0.5, 0.6) is 0 Å². The number of amides is 1. The number of hydrogen-bond acceptors (Lipinski definition) is 7. The lowest BCUT2D eigenvalue weighted by atomic mass is 10.1. The molecule has 1 aliphatic rings. The Morgan fingerprint density at radius 1 is 1.11 bits per heavy atom. The summed E-state index contributed by atoms with van der Waals surface area (Å²) in [5.74, 6) is -1.89. The average molecular weight is 535 g/mol. The van der Waals surface area contributed by atoms with E-state index < -0.39 is 73.2 Å². The van der Waals surface area contributed by atoms with Crippen molar-refractivity contribution < 1.29 is 45.0 Å². The van der Waals surface area contributed by atoms with Crippen LogP contribution in [-0.2, 0) is 17.9 Å². The molecular weight excluding hydrogens is 518 g/mol. The van der Waals surface area contributed by atoms with Crippen LogP contribution >= 0.6 is 11.8 Å². The lowest BCUT2D eigenvalue weighted by Gasteiger charge is -2.29. The Bertz CT molecular complexity index is 1090. The Morgan fingerprint density at radius 3 is 2.34 bits per heavy atom. The second-order valence-electron chi connectivity index (χ2n) is 7.14. The molecule has 0 spiro atoms. The van der Waals surface area contributed by atoms with Gasteiger partial charge < -0.3 is 9.67 Å².